The summed E-state index contributed by atoms with van der Waals surface area (Å²) in [7, 11) is 0. The van der Waals surface area contributed by atoms with Gasteiger partial charge in [-0.15, -0.1) is 0 Å². The van der Waals surface area contributed by atoms with Crippen LogP contribution >= 0.6 is 0 Å². The number of para-hydroxylation sites is 2. The lowest BCUT2D eigenvalue weighted by Gasteiger charge is -2.42. The number of unbranched alkanes of at least 4 members (excludes halogenated alkanes) is 2. The molecule has 6 aliphatic heterocycles. The Hall–Kier alpha value is -7.95. The van der Waals surface area contributed by atoms with Gasteiger partial charge in [0.05, 0.1) is 22.1 Å². The quantitative estimate of drug-likeness (QED) is 0.0591. The Morgan fingerprint density at radius 1 is 0.440 bits per heavy atom. The summed E-state index contributed by atoms with van der Waals surface area (Å²) in [4.78, 5) is 5.31. The molecule has 8 heteroatoms. The zero-order chi connectivity index (χ0) is 67.2. The van der Waals surface area contributed by atoms with Crippen LogP contribution in [-0.4, -0.2) is 85.8 Å². The minimum atomic E-state index is 0.364. The largest absolute Gasteiger partial charge is 0.316 e. The molecule has 0 amide bonds. The molecule has 0 radical (unpaired) electrons. The Kier molecular flexibility index (Phi) is 18.8. The molecule has 0 spiro atoms. The van der Waals surface area contributed by atoms with E-state index in [1.807, 2.05) is 0 Å². The van der Waals surface area contributed by atoms with E-state index in [2.05, 4.69) is 258 Å². The maximum Gasteiger partial charge on any atom is 0.0548 e. The minimum absolute atomic E-state index is 0.364. The molecule has 9 aromatic carbocycles. The highest BCUT2D eigenvalue weighted by Gasteiger charge is 2.38. The molecule has 5 saturated heterocycles. The van der Waals surface area contributed by atoms with Crippen molar-refractivity contribution in [2.75, 3.05) is 58.9 Å². The van der Waals surface area contributed by atoms with Gasteiger partial charge in [-0.25, -0.2) is 0 Å². The molecule has 512 valence electrons. The summed E-state index contributed by atoms with van der Waals surface area (Å²) >= 11 is 0. The summed E-state index contributed by atoms with van der Waals surface area (Å²) in [5.41, 5.74) is 24.2. The molecule has 0 aliphatic carbocycles. The van der Waals surface area contributed by atoms with Crippen LogP contribution in [0.3, 0.4) is 0 Å². The summed E-state index contributed by atoms with van der Waals surface area (Å²) in [6.07, 6.45) is 16.2. The lowest BCUT2D eigenvalue weighted by molar-refractivity contribution is 0.200. The number of piperidine rings is 5. The first-order valence-corrected chi connectivity index (χ1v) is 39.2. The van der Waals surface area contributed by atoms with E-state index in [1.165, 1.54) is 198 Å². The highest BCUT2D eigenvalue weighted by molar-refractivity contribution is 6.29. The number of nitrogens with zero attached hydrogens (tertiary/aromatic N) is 3. The summed E-state index contributed by atoms with van der Waals surface area (Å²) in [6.45, 7) is 19.2. The molecule has 0 saturated carbocycles. The van der Waals surface area contributed by atoms with Gasteiger partial charge in [-0.3, -0.25) is 4.99 Å². The number of fused-ring (bicyclic) bond motifs is 9. The number of hydrogen-bond donors (Lipinski definition) is 5. The fourth-order valence-corrected chi connectivity index (χ4v) is 19.9. The summed E-state index contributed by atoms with van der Waals surface area (Å²) in [6, 6.07) is 78.0. The highest BCUT2D eigenvalue weighted by Crippen LogP contribution is 2.46. The van der Waals surface area contributed by atoms with E-state index in [0.29, 0.717) is 65.3 Å². The first-order chi connectivity index (χ1) is 49.4. The Labute approximate surface area is 594 Å². The monoisotopic (exact) mass is 1320 g/mol. The van der Waals surface area contributed by atoms with Crippen molar-refractivity contribution in [3.05, 3.63) is 216 Å². The second-order valence-electron chi connectivity index (χ2n) is 31.2. The Balaban J connectivity index is 0.804. The van der Waals surface area contributed by atoms with Gasteiger partial charge in [-0.05, 0) is 253 Å². The van der Waals surface area contributed by atoms with Gasteiger partial charge in [0.1, 0.15) is 0 Å². The molecule has 5 N–H and O–H groups in total. The number of nitrogens with one attached hydrogen (secondary N) is 5. The molecule has 2 aromatic heterocycles. The topological polar surface area (TPSA) is 82.4 Å². The predicted octanol–water partition coefficient (Wildman–Crippen LogP) is 20.3. The van der Waals surface area contributed by atoms with Gasteiger partial charge in [0, 0.05) is 94.6 Å². The lowest BCUT2D eigenvalue weighted by atomic mass is 9.74. The van der Waals surface area contributed by atoms with Crippen molar-refractivity contribution in [3.8, 4) is 55.9 Å². The summed E-state index contributed by atoms with van der Waals surface area (Å²) in [5, 5.41) is 24.5. The van der Waals surface area contributed by atoms with E-state index < -0.39 is 0 Å². The third kappa shape index (κ3) is 12.4. The average molecular weight is 1320 g/mol. The van der Waals surface area contributed by atoms with Crippen LogP contribution in [0.25, 0.3) is 99.5 Å². The van der Waals surface area contributed by atoms with Crippen LogP contribution in [0.15, 0.2) is 199 Å². The van der Waals surface area contributed by atoms with Gasteiger partial charge >= 0.3 is 0 Å². The second-order valence-corrected chi connectivity index (χ2v) is 31.2. The Bertz CT molecular complexity index is 4630. The predicted molar refractivity (Wildman–Crippen MR) is 422 cm³/mol. The molecule has 11 atom stereocenters. The van der Waals surface area contributed by atoms with Crippen LogP contribution in [0.5, 0.6) is 0 Å². The molecule has 100 heavy (non-hydrogen) atoms. The molecular weight excluding hydrogens is 1220 g/mol. The molecule has 8 nitrogen and oxygen atoms in total. The van der Waals surface area contributed by atoms with E-state index in [4.69, 9.17) is 4.99 Å². The maximum atomic E-state index is 5.31. The normalized spacial score (nSPS) is 24.5. The average Bonchev–Trinajstić information content (AvgIpc) is 1.54. The number of aromatic nitrogens is 2. The highest BCUT2D eigenvalue weighted by atomic mass is 15.0. The summed E-state index contributed by atoms with van der Waals surface area (Å²) in [5.74, 6) is 5.05. The maximum absolute atomic E-state index is 5.31. The number of rotatable bonds is 18. The minimum Gasteiger partial charge on any atom is -0.316 e. The zero-order valence-electron chi connectivity index (χ0n) is 59.7. The molecule has 6 aliphatic rings. The van der Waals surface area contributed by atoms with Gasteiger partial charge in [0.15, 0.2) is 0 Å². The first-order valence-electron chi connectivity index (χ1n) is 39.2. The van der Waals surface area contributed by atoms with Crippen molar-refractivity contribution in [2.24, 2.45) is 34.6 Å². The molecule has 0 bridgehead atoms. The Morgan fingerprint density at radius 3 is 1.39 bits per heavy atom. The van der Waals surface area contributed by atoms with Crippen LogP contribution in [0, 0.1) is 29.6 Å². The van der Waals surface area contributed by atoms with Crippen molar-refractivity contribution in [1.82, 2.24) is 35.7 Å². The van der Waals surface area contributed by atoms with Gasteiger partial charge in [-0.2, -0.15) is 0 Å². The van der Waals surface area contributed by atoms with Crippen LogP contribution in [-0.2, 0) is 0 Å². The molecular formula is C92H104N8. The van der Waals surface area contributed by atoms with Gasteiger partial charge in [-0.1, -0.05) is 187 Å². The van der Waals surface area contributed by atoms with Crippen molar-refractivity contribution < 1.29 is 0 Å². The van der Waals surface area contributed by atoms with Crippen molar-refractivity contribution in [2.45, 2.75) is 147 Å². The summed E-state index contributed by atoms with van der Waals surface area (Å²) < 4.78 is 5.16. The van der Waals surface area contributed by atoms with E-state index in [0.717, 1.165) is 71.7 Å². The van der Waals surface area contributed by atoms with Gasteiger partial charge in [0.2, 0.25) is 0 Å². The van der Waals surface area contributed by atoms with Crippen LogP contribution in [0.4, 0.5) is 0 Å². The van der Waals surface area contributed by atoms with E-state index >= 15 is 0 Å². The van der Waals surface area contributed by atoms with E-state index in [-0.39, 0.29) is 0 Å². The van der Waals surface area contributed by atoms with E-state index in [1.54, 1.807) is 0 Å². The third-order valence-corrected chi connectivity index (χ3v) is 25.4. The van der Waals surface area contributed by atoms with Gasteiger partial charge < -0.3 is 35.7 Å². The fraction of sp³-hybridized carbons (Fsp3) is 0.402. The van der Waals surface area contributed by atoms with Crippen LogP contribution in [0.2, 0.25) is 0 Å². The third-order valence-electron chi connectivity index (χ3n) is 25.4. The molecule has 11 aromatic rings. The first kappa shape index (κ1) is 65.4. The van der Waals surface area contributed by atoms with Crippen molar-refractivity contribution in [1.29, 1.82) is 0 Å². The zero-order valence-corrected chi connectivity index (χ0v) is 59.7. The molecule has 5 fully saturated rings. The van der Waals surface area contributed by atoms with Gasteiger partial charge in [0.25, 0.3) is 0 Å². The molecule has 11 unspecified atom stereocenters. The molecule has 17 rings (SSSR count). The molecule has 8 heterocycles. The smallest absolute Gasteiger partial charge is 0.0548 e. The number of benzene rings is 9. The fourth-order valence-electron chi connectivity index (χ4n) is 19.9. The van der Waals surface area contributed by atoms with E-state index in [9.17, 15) is 0 Å². The Morgan fingerprint density at radius 2 is 0.900 bits per heavy atom. The second kappa shape index (κ2) is 28.8. The SMILES string of the molecule is CCCCC(C1=NCCCC1CC)c1ccc(-c2cc(-c3ccc(C4CNCC(CCCC)C4C)cc3)cc(-n3c4ccccc4c4c5c6ccccc6n(-c6cc(-c7ccc(C8CNCC9CCCNC98)cc7)cc(-c7ccc(C8CNCC9CCCNC98)cc7)c6)c5ccc43)c2)cc1. The standard InChI is InChI=1S/C92H104N8/c1-5-8-17-69-53-93-56-81(59(69)4)66-36-28-62(29-37-66)73-47-72(61-26-34-65(35-27-61)78(21-9-6-2)90-60(7-3)18-14-44-96-90)49-76(50-73)99-84-24-12-10-22-79(84)88-86(99)42-43-87-89(88)80-23-11-13-25-85(80)100(87)77-51-74(63-30-38-67(39-31-63)82-57-94-54-70-19-15-45-97-91(70)82)48-75(52-77)64-32-40-68(41-33-64)83-58-95-55-71-20-16-46-98-92(71)83/h10-13,22-43,47-52,59-60,69-71,78,81-83,91-95,97-98H,5-9,14-21,44-46,53-58H2,1-4H3. The lowest BCUT2D eigenvalue weighted by Crippen LogP contribution is -2.55. The van der Waals surface area contributed by atoms with Crippen molar-refractivity contribution >= 4 is 49.3 Å². The van der Waals surface area contributed by atoms with Crippen molar-refractivity contribution in [3.63, 3.8) is 0 Å². The number of aliphatic imine (C=N–C) groups is 1. The van der Waals surface area contributed by atoms with Crippen LogP contribution in [0.1, 0.15) is 157 Å². The number of hydrogen-bond acceptors (Lipinski definition) is 6. The van der Waals surface area contributed by atoms with Crippen LogP contribution < -0.4 is 26.6 Å².